The second-order valence-corrected chi connectivity index (χ2v) is 6.61. The highest BCUT2D eigenvalue weighted by Crippen LogP contribution is 2.29. The molecule has 2 rings (SSSR count). The maximum absolute atomic E-state index is 5.50. The van der Waals surface area contributed by atoms with E-state index < -0.39 is 0 Å². The number of halogens is 1. The zero-order chi connectivity index (χ0) is 20.4. The summed E-state index contributed by atoms with van der Waals surface area (Å²) in [6.07, 6.45) is 5.95. The molecule has 1 heterocycles. The van der Waals surface area contributed by atoms with Gasteiger partial charge in [0.15, 0.2) is 5.96 Å². The van der Waals surface area contributed by atoms with Crippen molar-refractivity contribution in [2.75, 3.05) is 27.3 Å². The number of aliphatic imine (C=N–C) groups is 1. The molecule has 8 heteroatoms. The third-order valence-electron chi connectivity index (χ3n) is 4.60. The normalized spacial score (nSPS) is 12.1. The number of rotatable bonds is 10. The van der Waals surface area contributed by atoms with Gasteiger partial charge in [0.25, 0.3) is 0 Å². The summed E-state index contributed by atoms with van der Waals surface area (Å²) < 4.78 is 13.0. The van der Waals surface area contributed by atoms with Crippen LogP contribution < -0.4 is 20.1 Å². The van der Waals surface area contributed by atoms with Crippen LogP contribution in [0.5, 0.6) is 11.5 Å². The number of nitrogens with one attached hydrogen (secondary N) is 2. The average Bonchev–Trinajstić information content (AvgIpc) is 3.11. The molecule has 0 amide bonds. The number of aromatic nitrogens is 2. The topological polar surface area (TPSA) is 72.7 Å². The number of aryl methyl sites for hydroxylation is 2. The molecule has 1 atom stereocenters. The van der Waals surface area contributed by atoms with Crippen molar-refractivity contribution < 1.29 is 9.47 Å². The van der Waals surface area contributed by atoms with E-state index in [0.29, 0.717) is 0 Å². The van der Waals surface area contributed by atoms with E-state index in [9.17, 15) is 0 Å². The minimum atomic E-state index is 0. The third kappa shape index (κ3) is 7.75. The third-order valence-corrected chi connectivity index (χ3v) is 4.60. The first-order valence-electron chi connectivity index (χ1n) is 9.83. The average molecular weight is 515 g/mol. The SMILES string of the molecule is CCNC(=NCCCCn1ccnc1C)NC(C)c1cc(OC)ccc1OC.I. The number of methoxy groups -OCH3 is 2. The zero-order valence-corrected chi connectivity index (χ0v) is 20.4. The number of imidazole rings is 1. The van der Waals surface area contributed by atoms with Crippen LogP contribution in [0.1, 0.15) is 44.1 Å². The molecule has 2 aromatic rings. The van der Waals surface area contributed by atoms with Crippen LogP contribution >= 0.6 is 24.0 Å². The lowest BCUT2D eigenvalue weighted by atomic mass is 10.1. The van der Waals surface area contributed by atoms with Gasteiger partial charge in [-0.2, -0.15) is 0 Å². The molecular weight excluding hydrogens is 481 g/mol. The summed E-state index contributed by atoms with van der Waals surface area (Å²) in [5, 5.41) is 6.78. The van der Waals surface area contributed by atoms with Gasteiger partial charge in [-0.1, -0.05) is 0 Å². The molecule has 1 aromatic heterocycles. The Kier molecular flexibility index (Phi) is 11.5. The Balaban J connectivity index is 0.00000420. The van der Waals surface area contributed by atoms with Crippen molar-refractivity contribution in [1.29, 1.82) is 0 Å². The fraction of sp³-hybridized carbons (Fsp3) is 0.524. The largest absolute Gasteiger partial charge is 0.497 e. The van der Waals surface area contributed by atoms with Crippen molar-refractivity contribution in [1.82, 2.24) is 20.2 Å². The molecule has 162 valence electrons. The van der Waals surface area contributed by atoms with Crippen molar-refractivity contribution in [2.45, 2.75) is 46.2 Å². The number of nitrogens with zero attached hydrogens (tertiary/aromatic N) is 3. The number of hydrogen-bond acceptors (Lipinski definition) is 4. The predicted octanol–water partition coefficient (Wildman–Crippen LogP) is 3.92. The number of guanidine groups is 1. The van der Waals surface area contributed by atoms with Gasteiger partial charge in [0.05, 0.1) is 20.3 Å². The Morgan fingerprint density at radius 2 is 2.03 bits per heavy atom. The van der Waals surface area contributed by atoms with Crippen molar-refractivity contribution in [3.8, 4) is 11.5 Å². The summed E-state index contributed by atoms with van der Waals surface area (Å²) in [7, 11) is 3.35. The highest BCUT2D eigenvalue weighted by Gasteiger charge is 2.14. The van der Waals surface area contributed by atoms with Crippen LogP contribution in [0.4, 0.5) is 0 Å². The maximum Gasteiger partial charge on any atom is 0.191 e. The molecule has 29 heavy (non-hydrogen) atoms. The highest BCUT2D eigenvalue weighted by molar-refractivity contribution is 14.0. The quantitative estimate of drug-likeness (QED) is 0.217. The van der Waals surface area contributed by atoms with Crippen LogP contribution in [0.25, 0.3) is 0 Å². The van der Waals surface area contributed by atoms with E-state index in [1.54, 1.807) is 14.2 Å². The molecule has 7 nitrogen and oxygen atoms in total. The number of benzene rings is 1. The first-order chi connectivity index (χ1) is 13.6. The van der Waals surface area contributed by atoms with Gasteiger partial charge in [-0.3, -0.25) is 4.99 Å². The van der Waals surface area contributed by atoms with Gasteiger partial charge in [-0.25, -0.2) is 4.98 Å². The van der Waals surface area contributed by atoms with Crippen LogP contribution in [-0.2, 0) is 6.54 Å². The zero-order valence-electron chi connectivity index (χ0n) is 18.1. The number of hydrogen-bond donors (Lipinski definition) is 2. The summed E-state index contributed by atoms with van der Waals surface area (Å²) in [5.41, 5.74) is 1.03. The Morgan fingerprint density at radius 3 is 2.66 bits per heavy atom. The van der Waals surface area contributed by atoms with E-state index in [0.717, 1.165) is 61.3 Å². The van der Waals surface area contributed by atoms with Crippen molar-refractivity contribution in [3.05, 3.63) is 42.0 Å². The van der Waals surface area contributed by atoms with Gasteiger partial charge in [0.2, 0.25) is 0 Å². The van der Waals surface area contributed by atoms with Crippen LogP contribution in [0.15, 0.2) is 35.6 Å². The second-order valence-electron chi connectivity index (χ2n) is 6.61. The smallest absolute Gasteiger partial charge is 0.191 e. The minimum absolute atomic E-state index is 0. The summed E-state index contributed by atoms with van der Waals surface area (Å²) >= 11 is 0. The summed E-state index contributed by atoms with van der Waals surface area (Å²) in [6, 6.07) is 5.84. The van der Waals surface area contributed by atoms with Crippen molar-refractivity contribution >= 4 is 29.9 Å². The van der Waals surface area contributed by atoms with E-state index in [1.165, 1.54) is 0 Å². The van der Waals surface area contributed by atoms with Crippen molar-refractivity contribution in [3.63, 3.8) is 0 Å². The van der Waals surface area contributed by atoms with Gasteiger partial charge in [-0.05, 0) is 51.8 Å². The van der Waals surface area contributed by atoms with Gasteiger partial charge >= 0.3 is 0 Å². The van der Waals surface area contributed by atoms with Gasteiger partial charge in [0, 0.05) is 37.6 Å². The molecule has 0 saturated carbocycles. The van der Waals surface area contributed by atoms with Crippen LogP contribution in [0.2, 0.25) is 0 Å². The maximum atomic E-state index is 5.50. The Labute approximate surface area is 191 Å². The Hall–Kier alpha value is -1.97. The van der Waals surface area contributed by atoms with Crippen LogP contribution in [0.3, 0.4) is 0 Å². The lowest BCUT2D eigenvalue weighted by Gasteiger charge is -2.20. The van der Waals surface area contributed by atoms with Gasteiger partial charge < -0.3 is 24.7 Å². The lowest BCUT2D eigenvalue weighted by Crippen LogP contribution is -2.39. The number of unbranched alkanes of at least 4 members (excludes halogenated alkanes) is 1. The molecule has 0 aliphatic carbocycles. The van der Waals surface area contributed by atoms with Gasteiger partial charge in [0.1, 0.15) is 17.3 Å². The van der Waals surface area contributed by atoms with E-state index in [-0.39, 0.29) is 30.0 Å². The monoisotopic (exact) mass is 515 g/mol. The molecule has 1 unspecified atom stereocenters. The summed E-state index contributed by atoms with van der Waals surface area (Å²) in [5.74, 6) is 3.49. The first kappa shape index (κ1) is 25.1. The molecular formula is C21H34IN5O2. The predicted molar refractivity (Wildman–Crippen MR) is 129 cm³/mol. The van der Waals surface area contributed by atoms with Gasteiger partial charge in [-0.15, -0.1) is 24.0 Å². The molecule has 0 aliphatic heterocycles. The molecule has 0 fully saturated rings. The molecule has 1 aromatic carbocycles. The fourth-order valence-corrected chi connectivity index (χ4v) is 3.01. The molecule has 0 bridgehead atoms. The molecule has 2 N–H and O–H groups in total. The molecule has 0 saturated heterocycles. The standard InChI is InChI=1S/C21H33N5O2.HI/c1-6-22-21(24-11-7-8-13-26-14-12-23-17(26)3)25-16(2)19-15-18(27-4)9-10-20(19)28-5;/h9-10,12,14-16H,6-8,11,13H2,1-5H3,(H2,22,24,25);1H. The van der Waals surface area contributed by atoms with E-state index in [1.807, 2.05) is 37.5 Å². The van der Waals surface area contributed by atoms with E-state index in [4.69, 9.17) is 14.5 Å². The fourth-order valence-electron chi connectivity index (χ4n) is 3.01. The Bertz CT molecular complexity index is 763. The minimum Gasteiger partial charge on any atom is -0.497 e. The summed E-state index contributed by atoms with van der Waals surface area (Å²) in [4.78, 5) is 8.97. The number of ether oxygens (including phenoxy) is 2. The van der Waals surface area contributed by atoms with E-state index >= 15 is 0 Å². The second kappa shape index (κ2) is 13.3. The Morgan fingerprint density at radius 1 is 1.24 bits per heavy atom. The highest BCUT2D eigenvalue weighted by atomic mass is 127. The molecule has 0 radical (unpaired) electrons. The summed E-state index contributed by atoms with van der Waals surface area (Å²) in [6.45, 7) is 8.73. The van der Waals surface area contributed by atoms with Crippen LogP contribution in [0, 0.1) is 6.92 Å². The lowest BCUT2D eigenvalue weighted by molar-refractivity contribution is 0.394. The van der Waals surface area contributed by atoms with Crippen LogP contribution in [-0.4, -0.2) is 42.8 Å². The molecule has 0 spiro atoms. The van der Waals surface area contributed by atoms with E-state index in [2.05, 4.69) is 34.0 Å². The first-order valence-corrected chi connectivity index (χ1v) is 9.83. The molecule has 0 aliphatic rings. The van der Waals surface area contributed by atoms with Crippen molar-refractivity contribution in [2.24, 2.45) is 4.99 Å².